The number of fused-ring (bicyclic) bond motifs is 1. The molecule has 0 aromatic carbocycles. The Morgan fingerprint density at radius 2 is 2.30 bits per heavy atom. The Morgan fingerprint density at radius 3 is 3.00 bits per heavy atom. The first-order chi connectivity index (χ1) is 11.2. The van der Waals surface area contributed by atoms with Crippen LogP contribution < -0.4 is 5.32 Å². The quantitative estimate of drug-likeness (QED) is 0.600. The van der Waals surface area contributed by atoms with Crippen LogP contribution in [0.25, 0.3) is 16.9 Å². The Labute approximate surface area is 134 Å². The second kappa shape index (κ2) is 5.19. The number of rotatable bonds is 3. The van der Waals surface area contributed by atoms with Crippen molar-refractivity contribution in [1.29, 1.82) is 5.26 Å². The van der Waals surface area contributed by atoms with E-state index in [1.165, 1.54) is 11.5 Å². The number of aromatic nitrogens is 6. The third kappa shape index (κ3) is 2.31. The summed E-state index contributed by atoms with van der Waals surface area (Å²) in [4.78, 5) is 8.74. The molecule has 0 aliphatic heterocycles. The second-order valence-corrected chi connectivity index (χ2v) is 5.67. The standard InChI is InChI=1S/C14H10N8S/c1-8-2-12(23-21-8)20-13-14-16-6-11(9-4-17-18-5-9)22(14)7-10(3-15)19-13/h2,4-7H,1H3,(H,17,18)(H,19,20). The van der Waals surface area contributed by atoms with Gasteiger partial charge in [0, 0.05) is 18.0 Å². The van der Waals surface area contributed by atoms with E-state index in [9.17, 15) is 5.26 Å². The van der Waals surface area contributed by atoms with E-state index in [1.54, 1.807) is 24.8 Å². The van der Waals surface area contributed by atoms with Crippen LogP contribution in [0.1, 0.15) is 11.4 Å². The molecule has 0 unspecified atom stereocenters. The largest absolute Gasteiger partial charge is 0.328 e. The fraction of sp³-hybridized carbons (Fsp3) is 0.0714. The Bertz CT molecular complexity index is 1020. The van der Waals surface area contributed by atoms with Gasteiger partial charge in [0.1, 0.15) is 11.1 Å². The minimum Gasteiger partial charge on any atom is -0.328 e. The van der Waals surface area contributed by atoms with Crippen molar-refractivity contribution in [2.45, 2.75) is 6.92 Å². The first-order valence-electron chi connectivity index (χ1n) is 6.72. The SMILES string of the molecule is Cc1cc(Nc2nc(C#N)cn3c(-c4cn[nH]c4)cnc23)sn1. The van der Waals surface area contributed by atoms with Gasteiger partial charge in [0.05, 0.1) is 23.8 Å². The molecular weight excluding hydrogens is 312 g/mol. The van der Waals surface area contributed by atoms with Crippen molar-refractivity contribution in [2.75, 3.05) is 5.32 Å². The third-order valence-electron chi connectivity index (χ3n) is 3.27. The van der Waals surface area contributed by atoms with Crippen molar-refractivity contribution in [3.63, 3.8) is 0 Å². The molecule has 4 rings (SSSR count). The molecule has 9 heteroatoms. The summed E-state index contributed by atoms with van der Waals surface area (Å²) in [5.74, 6) is 0.516. The maximum Gasteiger partial charge on any atom is 0.181 e. The molecule has 0 aliphatic carbocycles. The van der Waals surface area contributed by atoms with Crippen LogP contribution in [-0.4, -0.2) is 28.9 Å². The summed E-state index contributed by atoms with van der Waals surface area (Å²) in [5.41, 5.74) is 3.56. The average molecular weight is 322 g/mol. The highest BCUT2D eigenvalue weighted by Gasteiger charge is 2.14. The number of nitriles is 1. The lowest BCUT2D eigenvalue weighted by Crippen LogP contribution is -2.00. The van der Waals surface area contributed by atoms with Crippen LogP contribution in [-0.2, 0) is 0 Å². The molecule has 0 saturated heterocycles. The number of aryl methyl sites for hydroxylation is 1. The smallest absolute Gasteiger partial charge is 0.181 e. The van der Waals surface area contributed by atoms with Gasteiger partial charge < -0.3 is 5.32 Å². The number of hydrogen-bond acceptors (Lipinski definition) is 7. The summed E-state index contributed by atoms with van der Waals surface area (Å²) < 4.78 is 6.05. The number of hydrogen-bond donors (Lipinski definition) is 2. The zero-order chi connectivity index (χ0) is 15.8. The van der Waals surface area contributed by atoms with Gasteiger partial charge in [-0.2, -0.15) is 14.7 Å². The molecule has 4 heterocycles. The van der Waals surface area contributed by atoms with E-state index >= 15 is 0 Å². The molecule has 4 aromatic rings. The van der Waals surface area contributed by atoms with E-state index in [1.807, 2.05) is 17.4 Å². The first-order valence-corrected chi connectivity index (χ1v) is 7.49. The van der Waals surface area contributed by atoms with E-state index in [4.69, 9.17) is 0 Å². The van der Waals surface area contributed by atoms with Crippen LogP contribution in [0.15, 0.2) is 30.9 Å². The van der Waals surface area contributed by atoms with E-state index in [0.717, 1.165) is 22.0 Å². The van der Waals surface area contributed by atoms with E-state index < -0.39 is 0 Å². The zero-order valence-corrected chi connectivity index (χ0v) is 12.8. The molecule has 0 aliphatic rings. The maximum atomic E-state index is 9.25. The topological polar surface area (TPSA) is 108 Å². The predicted molar refractivity (Wildman–Crippen MR) is 85.4 cm³/mol. The summed E-state index contributed by atoms with van der Waals surface area (Å²) in [5, 5.41) is 20.0. The van der Waals surface area contributed by atoms with Crippen LogP contribution in [0.3, 0.4) is 0 Å². The molecule has 2 N–H and O–H groups in total. The highest BCUT2D eigenvalue weighted by molar-refractivity contribution is 7.10. The first kappa shape index (κ1) is 13.4. The number of nitrogens with zero attached hydrogens (tertiary/aromatic N) is 6. The van der Waals surface area contributed by atoms with E-state index in [-0.39, 0.29) is 0 Å². The van der Waals surface area contributed by atoms with Crippen molar-refractivity contribution in [1.82, 2.24) is 28.9 Å². The van der Waals surface area contributed by atoms with Gasteiger partial charge in [-0.15, -0.1) is 0 Å². The zero-order valence-electron chi connectivity index (χ0n) is 12.0. The summed E-state index contributed by atoms with van der Waals surface area (Å²) >= 11 is 1.33. The predicted octanol–water partition coefficient (Wildman–Crippen LogP) is 2.50. The normalized spacial score (nSPS) is 10.8. The van der Waals surface area contributed by atoms with E-state index in [0.29, 0.717) is 17.2 Å². The molecule has 8 nitrogen and oxygen atoms in total. The van der Waals surface area contributed by atoms with Crippen molar-refractivity contribution in [2.24, 2.45) is 0 Å². The molecule has 4 aromatic heterocycles. The molecule has 0 radical (unpaired) electrons. The summed E-state index contributed by atoms with van der Waals surface area (Å²) in [6, 6.07) is 4.00. The van der Waals surface area contributed by atoms with Gasteiger partial charge in [-0.1, -0.05) is 0 Å². The fourth-order valence-corrected chi connectivity index (χ4v) is 2.93. The molecule has 0 bridgehead atoms. The summed E-state index contributed by atoms with van der Waals surface area (Å²) in [7, 11) is 0. The van der Waals surface area contributed by atoms with Gasteiger partial charge in [-0.3, -0.25) is 9.50 Å². The second-order valence-electron chi connectivity index (χ2n) is 4.87. The summed E-state index contributed by atoms with van der Waals surface area (Å²) in [6.07, 6.45) is 6.87. The number of anilines is 2. The Hall–Kier alpha value is -3.25. The van der Waals surface area contributed by atoms with Gasteiger partial charge in [0.15, 0.2) is 17.2 Å². The van der Waals surface area contributed by atoms with Crippen molar-refractivity contribution >= 4 is 28.0 Å². The van der Waals surface area contributed by atoms with Crippen molar-refractivity contribution < 1.29 is 0 Å². The van der Waals surface area contributed by atoms with Gasteiger partial charge in [-0.25, -0.2) is 9.97 Å². The maximum absolute atomic E-state index is 9.25. The Kier molecular flexibility index (Phi) is 3.03. The van der Waals surface area contributed by atoms with Gasteiger partial charge in [0.2, 0.25) is 0 Å². The summed E-state index contributed by atoms with van der Waals surface area (Å²) in [6.45, 7) is 1.92. The van der Waals surface area contributed by atoms with Crippen LogP contribution in [0.5, 0.6) is 0 Å². The van der Waals surface area contributed by atoms with Crippen LogP contribution in [0.4, 0.5) is 10.8 Å². The monoisotopic (exact) mass is 322 g/mol. The number of nitrogens with one attached hydrogen (secondary N) is 2. The molecule has 0 amide bonds. The Balaban J connectivity index is 1.89. The molecule has 0 spiro atoms. The molecule has 0 fully saturated rings. The fourth-order valence-electron chi connectivity index (χ4n) is 2.27. The van der Waals surface area contributed by atoms with Crippen LogP contribution in [0.2, 0.25) is 0 Å². The van der Waals surface area contributed by atoms with Gasteiger partial charge in [-0.05, 0) is 24.5 Å². The number of imidazole rings is 1. The lowest BCUT2D eigenvalue weighted by atomic mass is 10.3. The Morgan fingerprint density at radius 1 is 1.39 bits per heavy atom. The van der Waals surface area contributed by atoms with Gasteiger partial charge in [0.25, 0.3) is 0 Å². The minimum absolute atomic E-state index is 0.295. The van der Waals surface area contributed by atoms with Crippen molar-refractivity contribution in [3.05, 3.63) is 42.2 Å². The number of aromatic amines is 1. The van der Waals surface area contributed by atoms with Crippen LogP contribution >= 0.6 is 11.5 Å². The lowest BCUT2D eigenvalue weighted by Gasteiger charge is -2.06. The number of H-pyrrole nitrogens is 1. The van der Waals surface area contributed by atoms with Gasteiger partial charge >= 0.3 is 0 Å². The molecule has 112 valence electrons. The molecular formula is C14H10N8S. The molecule has 0 saturated carbocycles. The van der Waals surface area contributed by atoms with Crippen molar-refractivity contribution in [3.8, 4) is 17.3 Å². The highest BCUT2D eigenvalue weighted by Crippen LogP contribution is 2.27. The highest BCUT2D eigenvalue weighted by atomic mass is 32.1. The third-order valence-corrected chi connectivity index (χ3v) is 4.07. The average Bonchev–Trinajstić information content (AvgIpc) is 3.27. The van der Waals surface area contributed by atoms with Crippen LogP contribution in [0, 0.1) is 18.3 Å². The minimum atomic E-state index is 0.295. The molecule has 0 atom stereocenters. The molecule has 23 heavy (non-hydrogen) atoms. The lowest BCUT2D eigenvalue weighted by molar-refractivity contribution is 1.09. The van der Waals surface area contributed by atoms with E-state index in [2.05, 4.69) is 35.9 Å².